The molecule has 0 radical (unpaired) electrons. The molecule has 3 fully saturated rings. The lowest BCUT2D eigenvalue weighted by atomic mass is 10.0. The Hall–Kier alpha value is -3.57. The Bertz CT molecular complexity index is 1200. The van der Waals surface area contributed by atoms with Crippen molar-refractivity contribution in [1.82, 2.24) is 24.9 Å². The molecule has 1 unspecified atom stereocenters. The lowest BCUT2D eigenvalue weighted by Gasteiger charge is -2.42. The van der Waals surface area contributed by atoms with Gasteiger partial charge in [0.05, 0.1) is 13.2 Å². The molecule has 0 aromatic heterocycles. The summed E-state index contributed by atoms with van der Waals surface area (Å²) in [5, 5.41) is 2.33. The predicted molar refractivity (Wildman–Crippen MR) is 155 cm³/mol. The van der Waals surface area contributed by atoms with Crippen molar-refractivity contribution in [3.8, 4) is 5.75 Å². The van der Waals surface area contributed by atoms with Crippen LogP contribution in [-0.4, -0.2) is 114 Å². The summed E-state index contributed by atoms with van der Waals surface area (Å²) in [6, 6.07) is 5.27. The van der Waals surface area contributed by atoms with E-state index >= 15 is 0 Å². The summed E-state index contributed by atoms with van der Waals surface area (Å²) in [5.74, 6) is -0.134. The van der Waals surface area contributed by atoms with Gasteiger partial charge in [0, 0.05) is 62.7 Å². The maximum absolute atomic E-state index is 13.0. The van der Waals surface area contributed by atoms with Gasteiger partial charge in [0.1, 0.15) is 18.1 Å². The first-order valence-corrected chi connectivity index (χ1v) is 15.2. The number of allylic oxidation sites excluding steroid dienone is 1. The van der Waals surface area contributed by atoms with Crippen molar-refractivity contribution in [1.29, 1.82) is 0 Å². The van der Waals surface area contributed by atoms with Gasteiger partial charge in [-0.3, -0.25) is 39.1 Å². The number of piperazine rings is 1. The van der Waals surface area contributed by atoms with Crippen molar-refractivity contribution in [2.45, 2.75) is 63.6 Å². The molecule has 4 heterocycles. The van der Waals surface area contributed by atoms with Crippen LogP contribution in [0.3, 0.4) is 0 Å². The number of imide groups is 1. The molecule has 4 aliphatic rings. The van der Waals surface area contributed by atoms with Crippen LogP contribution in [0, 0.1) is 0 Å². The molecule has 1 aromatic carbocycles. The predicted octanol–water partition coefficient (Wildman–Crippen LogP) is 1.36. The Balaban J connectivity index is 0.997. The molecule has 1 aromatic rings. The Morgan fingerprint density at radius 1 is 1.00 bits per heavy atom. The topological polar surface area (TPSA) is 120 Å². The van der Waals surface area contributed by atoms with Crippen LogP contribution in [0.15, 0.2) is 30.4 Å². The molecule has 11 heteroatoms. The molecule has 0 saturated carbocycles. The van der Waals surface area contributed by atoms with Gasteiger partial charge in [-0.1, -0.05) is 12.1 Å². The fourth-order valence-electron chi connectivity index (χ4n) is 6.48. The number of rotatable bonds is 11. The monoisotopic (exact) mass is 579 g/mol. The van der Waals surface area contributed by atoms with Gasteiger partial charge in [-0.05, 0) is 63.4 Å². The van der Waals surface area contributed by atoms with Crippen LogP contribution in [-0.2, 0) is 25.7 Å². The van der Waals surface area contributed by atoms with Crippen LogP contribution in [0.2, 0.25) is 0 Å². The van der Waals surface area contributed by atoms with Gasteiger partial charge >= 0.3 is 0 Å². The lowest BCUT2D eigenvalue weighted by molar-refractivity contribution is -0.137. The molecule has 11 nitrogen and oxygen atoms in total. The number of nitrogens with zero attached hydrogens (tertiary/aromatic N) is 4. The maximum atomic E-state index is 13.0. The molecule has 1 atom stereocenters. The number of aldehydes is 1. The zero-order valence-corrected chi connectivity index (χ0v) is 24.2. The SMILES string of the molecule is O=C/C=C/CN1CCC(N2CCN(C(=O)CCCCOc3cccc4c3CN(C3CCC(=O)NC3=O)C4=O)CC2)CC1. The molecule has 226 valence electrons. The number of piperidine rings is 2. The third kappa shape index (κ3) is 7.07. The molecular weight excluding hydrogens is 538 g/mol. The number of nitrogens with one attached hydrogen (secondary N) is 1. The summed E-state index contributed by atoms with van der Waals surface area (Å²) < 4.78 is 6.03. The number of carbonyl (C=O) groups excluding carboxylic acids is 5. The highest BCUT2D eigenvalue weighted by Crippen LogP contribution is 2.33. The molecule has 0 bridgehead atoms. The van der Waals surface area contributed by atoms with E-state index < -0.39 is 11.9 Å². The smallest absolute Gasteiger partial charge is 0.255 e. The van der Waals surface area contributed by atoms with Crippen molar-refractivity contribution in [3.63, 3.8) is 0 Å². The summed E-state index contributed by atoms with van der Waals surface area (Å²) in [6.45, 7) is 6.99. The van der Waals surface area contributed by atoms with E-state index in [0.717, 1.165) is 83.3 Å². The minimum absolute atomic E-state index is 0.192. The number of amides is 4. The standard InChI is InChI=1S/C31H41N5O6/c37-20-3-2-13-33-14-11-23(12-15-33)34-16-18-35(19-17-34)29(39)8-1-4-21-42-27-7-5-6-24-25(27)22-36(31(24)41)26-9-10-28(38)32-30(26)40/h2-3,5-7,20,23,26H,1,4,8-19,21-22H2,(H,32,38,40)/b3-2+. The number of ether oxygens (including phenoxy) is 1. The number of benzene rings is 1. The molecule has 42 heavy (non-hydrogen) atoms. The average molecular weight is 580 g/mol. The Morgan fingerprint density at radius 2 is 1.79 bits per heavy atom. The van der Waals surface area contributed by atoms with Gasteiger partial charge in [0.25, 0.3) is 5.91 Å². The Labute approximate surface area is 246 Å². The number of hydrogen-bond acceptors (Lipinski definition) is 8. The first-order chi connectivity index (χ1) is 20.4. The second kappa shape index (κ2) is 14.1. The quantitative estimate of drug-likeness (QED) is 0.181. The highest BCUT2D eigenvalue weighted by molar-refractivity contribution is 6.05. The van der Waals surface area contributed by atoms with E-state index in [9.17, 15) is 24.0 Å². The molecule has 4 aliphatic heterocycles. The summed E-state index contributed by atoms with van der Waals surface area (Å²) in [5.41, 5.74) is 1.30. The normalized spacial score (nSPS) is 22.5. The molecule has 0 aliphatic carbocycles. The van der Waals surface area contributed by atoms with E-state index in [0.29, 0.717) is 36.8 Å². The van der Waals surface area contributed by atoms with Crippen LogP contribution in [0.5, 0.6) is 5.75 Å². The number of unbranched alkanes of at least 4 members (excludes halogenated alkanes) is 1. The number of carbonyl (C=O) groups is 5. The lowest BCUT2D eigenvalue weighted by Crippen LogP contribution is -2.54. The van der Waals surface area contributed by atoms with Crippen molar-refractivity contribution in [2.24, 2.45) is 0 Å². The van der Waals surface area contributed by atoms with Crippen molar-refractivity contribution in [3.05, 3.63) is 41.5 Å². The van der Waals surface area contributed by atoms with E-state index in [-0.39, 0.29) is 30.7 Å². The fourth-order valence-corrected chi connectivity index (χ4v) is 6.48. The summed E-state index contributed by atoms with van der Waals surface area (Å²) in [4.78, 5) is 68.5. The fraction of sp³-hybridized carbons (Fsp3) is 0.581. The Morgan fingerprint density at radius 3 is 2.52 bits per heavy atom. The molecule has 5 rings (SSSR count). The largest absolute Gasteiger partial charge is 0.493 e. The van der Waals surface area contributed by atoms with Gasteiger partial charge in [-0.2, -0.15) is 0 Å². The van der Waals surface area contributed by atoms with Gasteiger partial charge in [0.2, 0.25) is 17.7 Å². The zero-order chi connectivity index (χ0) is 29.5. The number of hydrogen-bond donors (Lipinski definition) is 1. The third-order valence-corrected chi connectivity index (χ3v) is 8.90. The second-order valence-electron chi connectivity index (χ2n) is 11.5. The first-order valence-electron chi connectivity index (χ1n) is 15.2. The average Bonchev–Trinajstić information content (AvgIpc) is 3.34. The van der Waals surface area contributed by atoms with Gasteiger partial charge in [-0.15, -0.1) is 0 Å². The molecule has 1 N–H and O–H groups in total. The maximum Gasteiger partial charge on any atom is 0.255 e. The van der Waals surface area contributed by atoms with Crippen LogP contribution in [0.4, 0.5) is 0 Å². The van der Waals surface area contributed by atoms with Crippen LogP contribution >= 0.6 is 0 Å². The number of fused-ring (bicyclic) bond motifs is 1. The van der Waals surface area contributed by atoms with Crippen molar-refractivity contribution >= 4 is 29.9 Å². The molecule has 3 saturated heterocycles. The molecular formula is C31H41N5O6. The van der Waals surface area contributed by atoms with E-state index in [2.05, 4.69) is 15.1 Å². The third-order valence-electron chi connectivity index (χ3n) is 8.90. The minimum atomic E-state index is -0.654. The Kier molecular flexibility index (Phi) is 10.0. The van der Waals surface area contributed by atoms with E-state index in [1.54, 1.807) is 18.2 Å². The van der Waals surface area contributed by atoms with Crippen molar-refractivity contribution in [2.75, 3.05) is 52.4 Å². The van der Waals surface area contributed by atoms with Crippen LogP contribution < -0.4 is 10.1 Å². The first kappa shape index (κ1) is 29.9. The summed E-state index contributed by atoms with van der Waals surface area (Å²) in [7, 11) is 0. The van der Waals surface area contributed by atoms with E-state index in [4.69, 9.17) is 4.74 Å². The van der Waals surface area contributed by atoms with E-state index in [1.807, 2.05) is 17.0 Å². The zero-order valence-electron chi connectivity index (χ0n) is 24.2. The van der Waals surface area contributed by atoms with Gasteiger partial charge in [0.15, 0.2) is 0 Å². The summed E-state index contributed by atoms with van der Waals surface area (Å²) in [6.07, 6.45) is 9.03. The highest BCUT2D eigenvalue weighted by atomic mass is 16.5. The van der Waals surface area contributed by atoms with Crippen LogP contribution in [0.25, 0.3) is 0 Å². The van der Waals surface area contributed by atoms with Gasteiger partial charge in [-0.25, -0.2) is 0 Å². The van der Waals surface area contributed by atoms with E-state index in [1.165, 1.54) is 4.90 Å². The van der Waals surface area contributed by atoms with Crippen molar-refractivity contribution < 1.29 is 28.7 Å². The highest BCUT2D eigenvalue weighted by Gasteiger charge is 2.40. The number of likely N-dealkylation sites (tertiary alicyclic amines) is 1. The second-order valence-corrected chi connectivity index (χ2v) is 11.5. The summed E-state index contributed by atoms with van der Waals surface area (Å²) >= 11 is 0. The van der Waals surface area contributed by atoms with Gasteiger partial charge < -0.3 is 14.5 Å². The molecule has 0 spiro atoms. The molecule has 4 amide bonds. The van der Waals surface area contributed by atoms with Crippen LogP contribution in [0.1, 0.15) is 60.9 Å². The minimum Gasteiger partial charge on any atom is -0.493 e.